The maximum atomic E-state index is 2.37. The Labute approximate surface area is 73.5 Å². The molecule has 0 aromatic rings. The van der Waals surface area contributed by atoms with E-state index in [9.17, 15) is 0 Å². The van der Waals surface area contributed by atoms with Gasteiger partial charge in [-0.1, -0.05) is 25.7 Å². The minimum atomic E-state index is -0.935. The van der Waals surface area contributed by atoms with E-state index < -0.39 is 7.22 Å². The standard InChI is InChI=1S/C7H16S2Si/c1-6-7(8-2)9-10(3,4)5/h6H,1-5H3/b7-6-. The van der Waals surface area contributed by atoms with Gasteiger partial charge in [0.05, 0.1) is 0 Å². The second-order valence-electron chi connectivity index (χ2n) is 3.03. The van der Waals surface area contributed by atoms with Crippen LogP contribution >= 0.6 is 23.0 Å². The summed E-state index contributed by atoms with van der Waals surface area (Å²) in [6.07, 6.45) is 4.34. The average molecular weight is 192 g/mol. The Balaban J connectivity index is 3.88. The van der Waals surface area contributed by atoms with Gasteiger partial charge in [-0.25, -0.2) is 0 Å². The molecule has 0 aromatic carbocycles. The first-order valence-corrected chi connectivity index (χ1v) is 9.65. The van der Waals surface area contributed by atoms with Crippen molar-refractivity contribution < 1.29 is 0 Å². The lowest BCUT2D eigenvalue weighted by molar-refractivity contribution is 1.77. The van der Waals surface area contributed by atoms with E-state index >= 15 is 0 Å². The minimum Gasteiger partial charge on any atom is -0.146 e. The summed E-state index contributed by atoms with van der Waals surface area (Å²) in [6.45, 7) is 9.23. The van der Waals surface area contributed by atoms with Crippen molar-refractivity contribution in [2.45, 2.75) is 26.6 Å². The summed E-state index contributed by atoms with van der Waals surface area (Å²) < 4.78 is 1.47. The molecule has 0 aliphatic carbocycles. The van der Waals surface area contributed by atoms with Gasteiger partial charge < -0.3 is 0 Å². The van der Waals surface area contributed by atoms with E-state index in [1.807, 2.05) is 11.8 Å². The van der Waals surface area contributed by atoms with Crippen LogP contribution in [0.2, 0.25) is 19.6 Å². The van der Waals surface area contributed by atoms with Crippen LogP contribution in [0.4, 0.5) is 0 Å². The van der Waals surface area contributed by atoms with Gasteiger partial charge >= 0.3 is 0 Å². The molecule has 3 heteroatoms. The van der Waals surface area contributed by atoms with Crippen LogP contribution in [0.1, 0.15) is 6.92 Å². The van der Waals surface area contributed by atoms with Crippen LogP contribution in [0.25, 0.3) is 0 Å². The Morgan fingerprint density at radius 3 is 1.90 bits per heavy atom. The number of hydrogen-bond donors (Lipinski definition) is 0. The van der Waals surface area contributed by atoms with E-state index in [-0.39, 0.29) is 0 Å². The third-order valence-electron chi connectivity index (χ3n) is 0.844. The lowest BCUT2D eigenvalue weighted by Crippen LogP contribution is -2.13. The summed E-state index contributed by atoms with van der Waals surface area (Å²) in [5, 5.41) is 0. The second-order valence-corrected chi connectivity index (χ2v) is 13.3. The van der Waals surface area contributed by atoms with Crippen molar-refractivity contribution in [2.75, 3.05) is 6.26 Å². The quantitative estimate of drug-likeness (QED) is 0.624. The third kappa shape index (κ3) is 5.44. The summed E-state index contributed by atoms with van der Waals surface area (Å²) in [5.74, 6) is 0. The van der Waals surface area contributed by atoms with E-state index in [1.54, 1.807) is 0 Å². The summed E-state index contributed by atoms with van der Waals surface area (Å²) in [7, 11) is -0.935. The third-order valence-corrected chi connectivity index (χ3v) is 6.22. The molecular weight excluding hydrogens is 176 g/mol. The molecule has 60 valence electrons. The molecule has 0 amide bonds. The van der Waals surface area contributed by atoms with Gasteiger partial charge in [0.15, 0.2) is 0 Å². The SMILES string of the molecule is C/C=C(/SC)S[Si](C)(C)C. The van der Waals surface area contributed by atoms with E-state index in [0.717, 1.165) is 0 Å². The Morgan fingerprint density at radius 1 is 1.30 bits per heavy atom. The minimum absolute atomic E-state index is 0.935. The molecular formula is C7H16S2Si. The van der Waals surface area contributed by atoms with Crippen molar-refractivity contribution >= 4 is 30.2 Å². The van der Waals surface area contributed by atoms with E-state index in [4.69, 9.17) is 0 Å². The molecule has 0 spiro atoms. The molecule has 0 saturated carbocycles. The van der Waals surface area contributed by atoms with E-state index in [1.165, 1.54) is 4.24 Å². The van der Waals surface area contributed by atoms with Crippen molar-refractivity contribution in [1.29, 1.82) is 0 Å². The lowest BCUT2D eigenvalue weighted by atomic mass is 10.8. The highest BCUT2D eigenvalue weighted by atomic mass is 32.4. The molecule has 0 unspecified atom stereocenters. The Hall–Kier alpha value is 0.657. The molecule has 0 nitrogen and oxygen atoms in total. The fraction of sp³-hybridized carbons (Fsp3) is 0.714. The first-order chi connectivity index (χ1) is 4.49. The van der Waals surface area contributed by atoms with Gasteiger partial charge in [-0.15, -0.1) is 23.0 Å². The zero-order chi connectivity index (χ0) is 8.20. The summed E-state index contributed by atoms with van der Waals surface area (Å²) >= 11 is 3.92. The lowest BCUT2D eigenvalue weighted by Gasteiger charge is -2.15. The van der Waals surface area contributed by atoms with Crippen molar-refractivity contribution in [1.82, 2.24) is 0 Å². The molecule has 0 atom stereocenters. The Kier molecular flexibility index (Phi) is 4.81. The highest BCUT2D eigenvalue weighted by Gasteiger charge is 2.15. The molecule has 0 heterocycles. The Bertz CT molecular complexity index is 124. The van der Waals surface area contributed by atoms with Crippen LogP contribution in [0.3, 0.4) is 0 Å². The fourth-order valence-electron chi connectivity index (χ4n) is 0.520. The molecule has 10 heavy (non-hydrogen) atoms. The van der Waals surface area contributed by atoms with Crippen molar-refractivity contribution in [3.05, 3.63) is 10.3 Å². The van der Waals surface area contributed by atoms with Crippen LogP contribution in [-0.2, 0) is 0 Å². The predicted octanol–water partition coefficient (Wildman–Crippen LogP) is 3.78. The van der Waals surface area contributed by atoms with Gasteiger partial charge in [0.2, 0.25) is 0 Å². The molecule has 0 fully saturated rings. The van der Waals surface area contributed by atoms with Gasteiger partial charge in [-0.05, 0) is 13.2 Å². The molecule has 0 aromatic heterocycles. The zero-order valence-corrected chi connectivity index (χ0v) is 10.0. The molecule has 0 aliphatic heterocycles. The maximum Gasteiger partial charge on any atom is 0.115 e. The van der Waals surface area contributed by atoms with E-state index in [0.29, 0.717) is 0 Å². The fourth-order valence-corrected chi connectivity index (χ4v) is 6.97. The number of allylic oxidation sites excluding steroid dienone is 1. The van der Waals surface area contributed by atoms with Crippen molar-refractivity contribution in [3.63, 3.8) is 0 Å². The van der Waals surface area contributed by atoms with E-state index in [2.05, 4.69) is 50.1 Å². The maximum absolute atomic E-state index is 2.37. The van der Waals surface area contributed by atoms with Crippen LogP contribution < -0.4 is 0 Å². The molecule has 0 saturated heterocycles. The van der Waals surface area contributed by atoms with Crippen molar-refractivity contribution in [3.8, 4) is 0 Å². The van der Waals surface area contributed by atoms with Gasteiger partial charge in [0.1, 0.15) is 7.22 Å². The molecule has 0 bridgehead atoms. The number of thioether (sulfide) groups is 1. The predicted molar refractivity (Wildman–Crippen MR) is 58.2 cm³/mol. The van der Waals surface area contributed by atoms with Gasteiger partial charge in [-0.3, -0.25) is 0 Å². The van der Waals surface area contributed by atoms with Crippen LogP contribution in [0, 0.1) is 0 Å². The second kappa shape index (κ2) is 4.52. The van der Waals surface area contributed by atoms with Gasteiger partial charge in [0, 0.05) is 4.24 Å². The summed E-state index contributed by atoms with van der Waals surface area (Å²) in [5.41, 5.74) is 0. The van der Waals surface area contributed by atoms with Crippen molar-refractivity contribution in [2.24, 2.45) is 0 Å². The first kappa shape index (κ1) is 10.7. The Morgan fingerprint density at radius 2 is 1.80 bits per heavy atom. The van der Waals surface area contributed by atoms with Crippen LogP contribution in [-0.4, -0.2) is 13.5 Å². The highest BCUT2D eigenvalue weighted by molar-refractivity contribution is 8.39. The highest BCUT2D eigenvalue weighted by Crippen LogP contribution is 2.33. The molecule has 0 rings (SSSR count). The van der Waals surface area contributed by atoms with Crippen LogP contribution in [0.15, 0.2) is 10.3 Å². The summed E-state index contributed by atoms with van der Waals surface area (Å²) in [4.78, 5) is 0. The topological polar surface area (TPSA) is 0 Å². The van der Waals surface area contributed by atoms with Gasteiger partial charge in [0.25, 0.3) is 0 Å². The normalized spacial score (nSPS) is 13.9. The number of rotatable bonds is 3. The van der Waals surface area contributed by atoms with Crippen LogP contribution in [0.5, 0.6) is 0 Å². The first-order valence-electron chi connectivity index (χ1n) is 3.39. The summed E-state index contributed by atoms with van der Waals surface area (Å²) in [6, 6.07) is 0. The average Bonchev–Trinajstić information content (AvgIpc) is 1.81. The van der Waals surface area contributed by atoms with Gasteiger partial charge in [-0.2, -0.15) is 0 Å². The monoisotopic (exact) mass is 192 g/mol. The molecule has 0 radical (unpaired) electrons. The zero-order valence-electron chi connectivity index (χ0n) is 7.39. The largest absolute Gasteiger partial charge is 0.146 e. The molecule has 0 N–H and O–H groups in total. The molecule has 0 aliphatic rings. The number of hydrogen-bond acceptors (Lipinski definition) is 2. The smallest absolute Gasteiger partial charge is 0.115 e.